The van der Waals surface area contributed by atoms with Crippen molar-refractivity contribution >= 4 is 11.8 Å². The molecule has 1 atom stereocenters. The summed E-state index contributed by atoms with van der Waals surface area (Å²) in [5.74, 6) is 1.65. The Morgan fingerprint density at radius 1 is 1.47 bits per heavy atom. The van der Waals surface area contributed by atoms with Gasteiger partial charge in [-0.25, -0.2) is 4.39 Å². The molecule has 0 unspecified atom stereocenters. The third-order valence-electron chi connectivity index (χ3n) is 2.69. The quantitative estimate of drug-likeness (QED) is 0.881. The lowest BCUT2D eigenvalue weighted by Gasteiger charge is -2.03. The van der Waals surface area contributed by atoms with Gasteiger partial charge in [0.1, 0.15) is 5.82 Å². The van der Waals surface area contributed by atoms with E-state index in [1.165, 1.54) is 12.1 Å². The zero-order valence-electron chi connectivity index (χ0n) is 10.7. The molecule has 19 heavy (non-hydrogen) atoms. The predicted molar refractivity (Wildman–Crippen MR) is 73.4 cm³/mol. The Bertz CT molecular complexity index is 532. The average Bonchev–Trinajstić information content (AvgIpc) is 2.84. The van der Waals surface area contributed by atoms with Crippen LogP contribution in [0.25, 0.3) is 0 Å². The summed E-state index contributed by atoms with van der Waals surface area (Å²) in [5.41, 5.74) is 6.75. The molecule has 1 aromatic heterocycles. The first-order chi connectivity index (χ1) is 9.19. The summed E-state index contributed by atoms with van der Waals surface area (Å²) in [7, 11) is 0. The maximum absolute atomic E-state index is 13.1. The van der Waals surface area contributed by atoms with Crippen molar-refractivity contribution in [2.45, 2.75) is 18.9 Å². The van der Waals surface area contributed by atoms with Crippen LogP contribution in [0.4, 0.5) is 4.39 Å². The van der Waals surface area contributed by atoms with E-state index < -0.39 is 0 Å². The number of benzene rings is 1. The van der Waals surface area contributed by atoms with Gasteiger partial charge in [0.2, 0.25) is 5.89 Å². The molecule has 1 aromatic carbocycles. The molecule has 6 heteroatoms. The second kappa shape index (κ2) is 6.68. The Kier molecular flexibility index (Phi) is 4.93. The van der Waals surface area contributed by atoms with E-state index in [0.717, 1.165) is 17.7 Å². The molecular weight excluding hydrogens is 265 g/mol. The number of halogens is 1. The molecular formula is C13H16FN3OS. The number of hydrogen-bond donors (Lipinski definition) is 1. The van der Waals surface area contributed by atoms with E-state index in [1.807, 2.05) is 12.3 Å². The Balaban J connectivity index is 2.01. The summed E-state index contributed by atoms with van der Waals surface area (Å²) >= 11 is 1.72. The number of nitrogens with two attached hydrogens (primary N) is 1. The van der Waals surface area contributed by atoms with E-state index in [4.69, 9.17) is 10.3 Å². The second-order valence-corrected chi connectivity index (χ2v) is 5.23. The fraction of sp³-hybridized carbons (Fsp3) is 0.385. The fourth-order valence-electron chi connectivity index (χ4n) is 1.69. The average molecular weight is 281 g/mol. The third-order valence-corrected chi connectivity index (χ3v) is 3.33. The van der Waals surface area contributed by atoms with Gasteiger partial charge in [-0.2, -0.15) is 16.7 Å². The molecule has 0 amide bonds. The highest BCUT2D eigenvalue weighted by Crippen LogP contribution is 2.15. The molecule has 0 spiro atoms. The Morgan fingerprint density at radius 3 is 3.05 bits per heavy atom. The highest BCUT2D eigenvalue weighted by atomic mass is 32.2. The first-order valence-electron chi connectivity index (χ1n) is 6.00. The Hall–Kier alpha value is -1.40. The van der Waals surface area contributed by atoms with Crippen LogP contribution >= 0.6 is 11.8 Å². The van der Waals surface area contributed by atoms with Gasteiger partial charge >= 0.3 is 0 Å². The second-order valence-electron chi connectivity index (χ2n) is 4.24. The van der Waals surface area contributed by atoms with Crippen molar-refractivity contribution in [3.8, 4) is 0 Å². The predicted octanol–water partition coefficient (Wildman–Crippen LogP) is 2.55. The van der Waals surface area contributed by atoms with Crippen molar-refractivity contribution in [1.82, 2.24) is 10.1 Å². The molecule has 0 bridgehead atoms. The lowest BCUT2D eigenvalue weighted by Crippen LogP contribution is -2.11. The van der Waals surface area contributed by atoms with Crippen molar-refractivity contribution in [2.24, 2.45) is 5.73 Å². The standard InChI is InChI=1S/C13H16FN3OS/c1-19-6-5-11(15)13-16-12(17-18-13)8-9-3-2-4-10(14)7-9/h2-4,7,11H,5-6,8,15H2,1H3/t11-/m1/s1. The SMILES string of the molecule is CSCC[C@@H](N)c1nc(Cc2cccc(F)c2)no1. The molecule has 0 saturated heterocycles. The highest BCUT2D eigenvalue weighted by molar-refractivity contribution is 7.98. The zero-order valence-corrected chi connectivity index (χ0v) is 11.5. The summed E-state index contributed by atoms with van der Waals surface area (Å²) in [5, 5.41) is 3.87. The maximum atomic E-state index is 13.1. The van der Waals surface area contributed by atoms with Crippen LogP contribution in [0.5, 0.6) is 0 Å². The lowest BCUT2D eigenvalue weighted by atomic mass is 10.1. The largest absolute Gasteiger partial charge is 0.338 e. The van der Waals surface area contributed by atoms with E-state index in [-0.39, 0.29) is 11.9 Å². The van der Waals surface area contributed by atoms with Crippen LogP contribution in [0.15, 0.2) is 28.8 Å². The summed E-state index contributed by atoms with van der Waals surface area (Å²) in [6.07, 6.45) is 3.26. The van der Waals surface area contributed by atoms with Crippen LogP contribution in [0.1, 0.15) is 29.7 Å². The summed E-state index contributed by atoms with van der Waals surface area (Å²) in [4.78, 5) is 4.25. The molecule has 2 rings (SSSR count). The lowest BCUT2D eigenvalue weighted by molar-refractivity contribution is 0.349. The molecule has 0 aliphatic carbocycles. The number of aromatic nitrogens is 2. The molecule has 2 N–H and O–H groups in total. The molecule has 0 aliphatic rings. The van der Waals surface area contributed by atoms with Crippen molar-refractivity contribution in [2.75, 3.05) is 12.0 Å². The number of thioether (sulfide) groups is 1. The molecule has 102 valence electrons. The number of rotatable bonds is 6. The Morgan fingerprint density at radius 2 is 2.32 bits per heavy atom. The van der Waals surface area contributed by atoms with Gasteiger partial charge in [0.05, 0.1) is 6.04 Å². The van der Waals surface area contributed by atoms with Gasteiger partial charge in [-0.1, -0.05) is 17.3 Å². The summed E-state index contributed by atoms with van der Waals surface area (Å²) < 4.78 is 18.2. The van der Waals surface area contributed by atoms with Crippen molar-refractivity contribution in [1.29, 1.82) is 0 Å². The fourth-order valence-corrected chi connectivity index (χ4v) is 2.18. The number of nitrogens with zero attached hydrogens (tertiary/aromatic N) is 2. The van der Waals surface area contributed by atoms with Gasteiger partial charge in [0, 0.05) is 6.42 Å². The third kappa shape index (κ3) is 4.04. The minimum absolute atomic E-state index is 0.235. The van der Waals surface area contributed by atoms with E-state index in [2.05, 4.69) is 10.1 Å². The van der Waals surface area contributed by atoms with Gasteiger partial charge in [0.25, 0.3) is 0 Å². The van der Waals surface area contributed by atoms with Crippen LogP contribution in [0, 0.1) is 5.82 Å². The van der Waals surface area contributed by atoms with Gasteiger partial charge < -0.3 is 10.3 Å². The summed E-state index contributed by atoms with van der Waals surface area (Å²) in [6.45, 7) is 0. The van der Waals surface area contributed by atoms with Gasteiger partial charge in [-0.05, 0) is 36.1 Å². The Labute approximate surface area is 115 Å². The van der Waals surface area contributed by atoms with Crippen LogP contribution in [-0.4, -0.2) is 22.1 Å². The normalized spacial score (nSPS) is 12.6. The molecule has 4 nitrogen and oxygen atoms in total. The smallest absolute Gasteiger partial charge is 0.243 e. The van der Waals surface area contributed by atoms with Gasteiger partial charge in [-0.3, -0.25) is 0 Å². The van der Waals surface area contributed by atoms with Crippen molar-refractivity contribution in [3.63, 3.8) is 0 Å². The minimum Gasteiger partial charge on any atom is -0.338 e. The zero-order chi connectivity index (χ0) is 13.7. The number of hydrogen-bond acceptors (Lipinski definition) is 5. The molecule has 2 aromatic rings. The van der Waals surface area contributed by atoms with Crippen molar-refractivity contribution in [3.05, 3.63) is 47.4 Å². The van der Waals surface area contributed by atoms with Crippen molar-refractivity contribution < 1.29 is 8.91 Å². The first kappa shape index (κ1) is 14.0. The van der Waals surface area contributed by atoms with E-state index in [0.29, 0.717) is 18.1 Å². The van der Waals surface area contributed by atoms with Crippen LogP contribution < -0.4 is 5.73 Å². The highest BCUT2D eigenvalue weighted by Gasteiger charge is 2.14. The monoisotopic (exact) mass is 281 g/mol. The van der Waals surface area contributed by atoms with Crippen LogP contribution in [0.2, 0.25) is 0 Å². The minimum atomic E-state index is -0.266. The molecule has 0 aliphatic heterocycles. The van der Waals surface area contributed by atoms with E-state index in [1.54, 1.807) is 17.8 Å². The summed E-state index contributed by atoms with van der Waals surface area (Å²) in [6, 6.07) is 6.12. The van der Waals surface area contributed by atoms with E-state index in [9.17, 15) is 4.39 Å². The van der Waals surface area contributed by atoms with Gasteiger partial charge in [0.15, 0.2) is 5.82 Å². The maximum Gasteiger partial charge on any atom is 0.243 e. The molecule has 1 heterocycles. The topological polar surface area (TPSA) is 64.9 Å². The molecule has 0 fully saturated rings. The van der Waals surface area contributed by atoms with E-state index >= 15 is 0 Å². The van der Waals surface area contributed by atoms with Gasteiger partial charge in [-0.15, -0.1) is 0 Å². The van der Waals surface area contributed by atoms with Crippen LogP contribution in [0.3, 0.4) is 0 Å². The molecule has 0 saturated carbocycles. The first-order valence-corrected chi connectivity index (χ1v) is 7.40. The van der Waals surface area contributed by atoms with Crippen LogP contribution in [-0.2, 0) is 6.42 Å². The molecule has 0 radical (unpaired) electrons.